The molecule has 3 rings (SSSR count). The van der Waals surface area contributed by atoms with Crippen LogP contribution in [0, 0.1) is 0 Å². The Labute approximate surface area is 113 Å². The summed E-state index contributed by atoms with van der Waals surface area (Å²) in [5, 5.41) is 4.14. The highest BCUT2D eigenvalue weighted by Crippen LogP contribution is 2.44. The van der Waals surface area contributed by atoms with Crippen LogP contribution in [0.1, 0.15) is 24.2 Å². The van der Waals surface area contributed by atoms with Crippen molar-refractivity contribution < 1.29 is 0 Å². The van der Waals surface area contributed by atoms with Crippen LogP contribution in [0.15, 0.2) is 59.5 Å². The lowest BCUT2D eigenvalue weighted by atomic mass is 10.1. The van der Waals surface area contributed by atoms with Crippen molar-refractivity contribution in [2.75, 3.05) is 5.32 Å². The van der Waals surface area contributed by atoms with Gasteiger partial charge in [-0.3, -0.25) is 0 Å². The number of hydrogen-bond donors (Lipinski definition) is 1. The van der Waals surface area contributed by atoms with Crippen LogP contribution in [-0.4, -0.2) is 6.04 Å². The third kappa shape index (κ3) is 2.39. The minimum absolute atomic E-state index is 0.506. The van der Waals surface area contributed by atoms with E-state index in [2.05, 4.69) is 66.8 Å². The van der Waals surface area contributed by atoms with Gasteiger partial charge in [0.15, 0.2) is 0 Å². The van der Waals surface area contributed by atoms with E-state index in [4.69, 9.17) is 0 Å². The maximum Gasteiger partial charge on any atom is 0.0480 e. The predicted octanol–water partition coefficient (Wildman–Crippen LogP) is 4.72. The summed E-state index contributed by atoms with van der Waals surface area (Å²) in [6, 6.07) is 19.9. The van der Waals surface area contributed by atoms with Crippen molar-refractivity contribution in [1.82, 2.24) is 0 Å². The van der Waals surface area contributed by atoms with Crippen LogP contribution >= 0.6 is 11.8 Å². The summed E-state index contributed by atoms with van der Waals surface area (Å²) in [4.78, 5) is 1.36. The summed E-state index contributed by atoms with van der Waals surface area (Å²) in [5.41, 5.74) is 2.70. The Morgan fingerprint density at radius 2 is 1.72 bits per heavy atom. The molecule has 18 heavy (non-hydrogen) atoms. The molecule has 0 bridgehead atoms. The van der Waals surface area contributed by atoms with Gasteiger partial charge in [0, 0.05) is 21.9 Å². The highest BCUT2D eigenvalue weighted by Gasteiger charge is 2.22. The van der Waals surface area contributed by atoms with Crippen LogP contribution in [0.4, 0.5) is 5.69 Å². The lowest BCUT2D eigenvalue weighted by molar-refractivity contribution is 0.700. The number of thioether (sulfide) groups is 1. The van der Waals surface area contributed by atoms with Crippen LogP contribution in [0.5, 0.6) is 0 Å². The number of benzene rings is 2. The van der Waals surface area contributed by atoms with E-state index in [0.717, 1.165) is 6.42 Å². The van der Waals surface area contributed by atoms with Crippen LogP contribution in [0.3, 0.4) is 0 Å². The molecule has 2 atom stereocenters. The summed E-state index contributed by atoms with van der Waals surface area (Å²) < 4.78 is 0. The Balaban J connectivity index is 1.95. The molecule has 0 amide bonds. The van der Waals surface area contributed by atoms with Crippen molar-refractivity contribution in [3.8, 4) is 0 Å². The molecule has 1 aliphatic rings. The standard InChI is InChI=1S/C16H17NS/c1-12-11-16(13-7-3-2-4-8-13)18-15-10-6-5-9-14(15)17-12/h2-10,12,16-17H,11H2,1H3. The zero-order valence-electron chi connectivity index (χ0n) is 10.5. The van der Waals surface area contributed by atoms with Crippen LogP contribution < -0.4 is 5.32 Å². The third-order valence-electron chi connectivity index (χ3n) is 3.30. The first-order chi connectivity index (χ1) is 8.83. The smallest absolute Gasteiger partial charge is 0.0480 e. The Morgan fingerprint density at radius 3 is 2.56 bits per heavy atom. The topological polar surface area (TPSA) is 12.0 Å². The van der Waals surface area contributed by atoms with Gasteiger partial charge in [-0.1, -0.05) is 42.5 Å². The molecule has 0 fully saturated rings. The number of fused-ring (bicyclic) bond motifs is 1. The van der Waals surface area contributed by atoms with Crippen molar-refractivity contribution in [1.29, 1.82) is 0 Å². The number of rotatable bonds is 1. The zero-order valence-corrected chi connectivity index (χ0v) is 11.3. The SMILES string of the molecule is CC1CC(c2ccccc2)Sc2ccccc2N1. The van der Waals surface area contributed by atoms with Gasteiger partial charge < -0.3 is 5.32 Å². The Hall–Kier alpha value is -1.41. The molecule has 2 unspecified atom stereocenters. The summed E-state index contributed by atoms with van der Waals surface area (Å²) in [6.45, 7) is 2.26. The number of anilines is 1. The fourth-order valence-corrected chi connectivity index (χ4v) is 3.80. The molecule has 2 heteroatoms. The summed E-state index contributed by atoms with van der Waals surface area (Å²) in [6.07, 6.45) is 1.16. The van der Waals surface area contributed by atoms with Gasteiger partial charge in [-0.15, -0.1) is 11.8 Å². The van der Waals surface area contributed by atoms with E-state index >= 15 is 0 Å². The van der Waals surface area contributed by atoms with Gasteiger partial charge in [0.1, 0.15) is 0 Å². The van der Waals surface area contributed by atoms with Gasteiger partial charge in [-0.05, 0) is 31.0 Å². The molecule has 0 aromatic heterocycles. The Bertz CT molecular complexity index is 524. The molecule has 0 saturated heterocycles. The van der Waals surface area contributed by atoms with E-state index in [0.29, 0.717) is 11.3 Å². The Morgan fingerprint density at radius 1 is 1.00 bits per heavy atom. The molecule has 1 nitrogen and oxygen atoms in total. The van der Waals surface area contributed by atoms with Crippen molar-refractivity contribution >= 4 is 17.4 Å². The largest absolute Gasteiger partial charge is 0.382 e. The van der Waals surface area contributed by atoms with E-state index < -0.39 is 0 Å². The first-order valence-corrected chi connectivity index (χ1v) is 7.28. The van der Waals surface area contributed by atoms with E-state index in [-0.39, 0.29) is 0 Å². The van der Waals surface area contributed by atoms with E-state index in [1.807, 2.05) is 11.8 Å². The highest BCUT2D eigenvalue weighted by molar-refractivity contribution is 7.99. The second-order valence-electron chi connectivity index (χ2n) is 4.79. The van der Waals surface area contributed by atoms with Crippen LogP contribution in [0.2, 0.25) is 0 Å². The van der Waals surface area contributed by atoms with Gasteiger partial charge in [0.25, 0.3) is 0 Å². The average molecular weight is 255 g/mol. The molecular weight excluding hydrogens is 238 g/mol. The molecular formula is C16H17NS. The number of hydrogen-bond acceptors (Lipinski definition) is 2. The summed E-state index contributed by atoms with van der Waals surface area (Å²) in [7, 11) is 0. The van der Waals surface area contributed by atoms with Crippen molar-refractivity contribution in [2.45, 2.75) is 29.5 Å². The zero-order chi connectivity index (χ0) is 12.4. The fourth-order valence-electron chi connectivity index (χ4n) is 2.41. The second kappa shape index (κ2) is 5.07. The molecule has 0 aliphatic carbocycles. The van der Waals surface area contributed by atoms with Crippen molar-refractivity contribution in [3.05, 3.63) is 60.2 Å². The van der Waals surface area contributed by atoms with E-state index in [1.54, 1.807) is 0 Å². The van der Waals surface area contributed by atoms with Crippen molar-refractivity contribution in [3.63, 3.8) is 0 Å². The molecule has 0 saturated carbocycles. The number of para-hydroxylation sites is 1. The lowest BCUT2D eigenvalue weighted by Gasteiger charge is -2.17. The summed E-state index contributed by atoms with van der Waals surface area (Å²) in [5.74, 6) is 0. The van der Waals surface area contributed by atoms with E-state index in [9.17, 15) is 0 Å². The molecule has 92 valence electrons. The fraction of sp³-hybridized carbons (Fsp3) is 0.250. The molecule has 2 aromatic rings. The van der Waals surface area contributed by atoms with Gasteiger partial charge in [-0.2, -0.15) is 0 Å². The molecule has 1 N–H and O–H groups in total. The van der Waals surface area contributed by atoms with Gasteiger partial charge in [-0.25, -0.2) is 0 Å². The normalized spacial score (nSPS) is 22.7. The highest BCUT2D eigenvalue weighted by atomic mass is 32.2. The molecule has 2 aromatic carbocycles. The first kappa shape index (κ1) is 11.7. The van der Waals surface area contributed by atoms with Crippen LogP contribution in [-0.2, 0) is 0 Å². The lowest BCUT2D eigenvalue weighted by Crippen LogP contribution is -2.15. The monoisotopic (exact) mass is 255 g/mol. The minimum Gasteiger partial charge on any atom is -0.382 e. The second-order valence-corrected chi connectivity index (χ2v) is 6.04. The third-order valence-corrected chi connectivity index (χ3v) is 4.66. The maximum atomic E-state index is 3.60. The Kier molecular flexibility index (Phi) is 3.28. The van der Waals surface area contributed by atoms with Crippen LogP contribution in [0.25, 0.3) is 0 Å². The van der Waals surface area contributed by atoms with Crippen molar-refractivity contribution in [2.24, 2.45) is 0 Å². The number of nitrogens with one attached hydrogen (secondary N) is 1. The minimum atomic E-state index is 0.506. The van der Waals surface area contributed by atoms with Gasteiger partial charge in [0.2, 0.25) is 0 Å². The first-order valence-electron chi connectivity index (χ1n) is 6.40. The summed E-state index contributed by atoms with van der Waals surface area (Å²) >= 11 is 1.97. The predicted molar refractivity (Wildman–Crippen MR) is 79.2 cm³/mol. The quantitative estimate of drug-likeness (QED) is 0.791. The van der Waals surface area contributed by atoms with Gasteiger partial charge >= 0.3 is 0 Å². The molecule has 0 radical (unpaired) electrons. The molecule has 0 spiro atoms. The van der Waals surface area contributed by atoms with Gasteiger partial charge in [0.05, 0.1) is 0 Å². The maximum absolute atomic E-state index is 3.60. The van der Waals surface area contributed by atoms with E-state index in [1.165, 1.54) is 16.1 Å². The average Bonchev–Trinajstić information content (AvgIpc) is 2.57. The molecule has 1 aliphatic heterocycles. The molecule has 1 heterocycles.